The summed E-state index contributed by atoms with van der Waals surface area (Å²) in [5.74, 6) is 0. The minimum absolute atomic E-state index is 0.348. The van der Waals surface area contributed by atoms with E-state index in [0.29, 0.717) is 11.6 Å². The van der Waals surface area contributed by atoms with Gasteiger partial charge in [-0.05, 0) is 57.7 Å². The molecule has 0 spiro atoms. The van der Waals surface area contributed by atoms with E-state index in [-0.39, 0.29) is 0 Å². The Morgan fingerprint density at radius 3 is 2.53 bits per heavy atom. The minimum Gasteiger partial charge on any atom is -0.314 e. The standard InChI is InChI=1S/C14H24N2S/c1-11-5-10-17-13(11)12(2)16-8-6-14(3,15-4)7-9-16/h5,10,12,15H,6-9H2,1-4H3. The summed E-state index contributed by atoms with van der Waals surface area (Å²) in [6.45, 7) is 9.32. The van der Waals surface area contributed by atoms with Gasteiger partial charge in [0.1, 0.15) is 0 Å². The molecule has 96 valence electrons. The lowest BCUT2D eigenvalue weighted by Crippen LogP contribution is -2.50. The highest BCUT2D eigenvalue weighted by Gasteiger charge is 2.30. The molecule has 3 heteroatoms. The van der Waals surface area contributed by atoms with E-state index in [1.165, 1.54) is 36.4 Å². The average molecular weight is 252 g/mol. The van der Waals surface area contributed by atoms with Crippen molar-refractivity contribution < 1.29 is 0 Å². The monoisotopic (exact) mass is 252 g/mol. The third-order valence-corrected chi connectivity index (χ3v) is 5.52. The van der Waals surface area contributed by atoms with E-state index >= 15 is 0 Å². The van der Waals surface area contributed by atoms with Gasteiger partial charge >= 0.3 is 0 Å². The predicted octanol–water partition coefficient (Wildman–Crippen LogP) is 3.19. The molecule has 17 heavy (non-hydrogen) atoms. The van der Waals surface area contributed by atoms with Crippen LogP contribution in [0.15, 0.2) is 11.4 Å². The molecule has 1 atom stereocenters. The van der Waals surface area contributed by atoms with Crippen LogP contribution in [0.5, 0.6) is 0 Å². The third kappa shape index (κ3) is 2.72. The number of likely N-dealkylation sites (tertiary alicyclic amines) is 1. The van der Waals surface area contributed by atoms with Gasteiger partial charge in [0.2, 0.25) is 0 Å². The largest absolute Gasteiger partial charge is 0.314 e. The zero-order valence-corrected chi connectivity index (χ0v) is 12.2. The molecule has 2 rings (SSSR count). The van der Waals surface area contributed by atoms with Crippen LogP contribution in [0, 0.1) is 6.92 Å². The number of piperidine rings is 1. The minimum atomic E-state index is 0.348. The molecule has 1 aromatic rings. The second kappa shape index (κ2) is 5.09. The molecule has 0 saturated carbocycles. The summed E-state index contributed by atoms with van der Waals surface area (Å²) < 4.78 is 0. The van der Waals surface area contributed by atoms with E-state index in [2.05, 4.69) is 49.5 Å². The highest BCUT2D eigenvalue weighted by Crippen LogP contribution is 2.32. The van der Waals surface area contributed by atoms with Crippen molar-refractivity contribution in [1.29, 1.82) is 0 Å². The van der Waals surface area contributed by atoms with Crippen LogP contribution in [-0.4, -0.2) is 30.6 Å². The summed E-state index contributed by atoms with van der Waals surface area (Å²) in [4.78, 5) is 4.16. The normalized spacial score (nSPS) is 22.6. The molecular weight excluding hydrogens is 228 g/mol. The fourth-order valence-electron chi connectivity index (χ4n) is 2.63. The molecule has 1 fully saturated rings. The Bertz CT molecular complexity index is 364. The van der Waals surface area contributed by atoms with Crippen LogP contribution in [0.4, 0.5) is 0 Å². The molecule has 2 nitrogen and oxygen atoms in total. The lowest BCUT2D eigenvalue weighted by Gasteiger charge is -2.41. The molecular formula is C14H24N2S. The van der Waals surface area contributed by atoms with E-state index in [0.717, 1.165) is 0 Å². The van der Waals surface area contributed by atoms with Crippen molar-refractivity contribution in [3.8, 4) is 0 Å². The summed E-state index contributed by atoms with van der Waals surface area (Å²) in [5, 5.41) is 5.67. The SMILES string of the molecule is CNC1(C)CCN(C(C)c2sccc2C)CC1. The first-order valence-corrected chi connectivity index (χ1v) is 7.41. The molecule has 1 saturated heterocycles. The van der Waals surface area contributed by atoms with Crippen LogP contribution >= 0.6 is 11.3 Å². The van der Waals surface area contributed by atoms with Crippen LogP contribution in [0.1, 0.15) is 43.2 Å². The van der Waals surface area contributed by atoms with Crippen molar-refractivity contribution in [2.45, 2.75) is 45.2 Å². The Labute approximate surface area is 109 Å². The van der Waals surface area contributed by atoms with Gasteiger partial charge in [-0.1, -0.05) is 0 Å². The molecule has 0 radical (unpaired) electrons. The molecule has 0 aliphatic carbocycles. The van der Waals surface area contributed by atoms with E-state index in [4.69, 9.17) is 0 Å². The number of nitrogens with zero attached hydrogens (tertiary/aromatic N) is 1. The zero-order valence-electron chi connectivity index (χ0n) is 11.4. The van der Waals surface area contributed by atoms with Crippen molar-refractivity contribution in [3.63, 3.8) is 0 Å². The summed E-state index contributed by atoms with van der Waals surface area (Å²) >= 11 is 1.90. The van der Waals surface area contributed by atoms with Crippen LogP contribution in [-0.2, 0) is 0 Å². The second-order valence-electron chi connectivity index (χ2n) is 5.49. The molecule has 1 unspecified atom stereocenters. The van der Waals surface area contributed by atoms with Crippen molar-refractivity contribution in [1.82, 2.24) is 10.2 Å². The lowest BCUT2D eigenvalue weighted by molar-refractivity contribution is 0.118. The maximum Gasteiger partial charge on any atom is 0.0415 e. The van der Waals surface area contributed by atoms with Crippen molar-refractivity contribution >= 4 is 11.3 Å². The quantitative estimate of drug-likeness (QED) is 0.889. The molecule has 1 aliphatic heterocycles. The highest BCUT2D eigenvalue weighted by molar-refractivity contribution is 7.10. The predicted molar refractivity (Wildman–Crippen MR) is 75.7 cm³/mol. The number of hydrogen-bond acceptors (Lipinski definition) is 3. The van der Waals surface area contributed by atoms with Gasteiger partial charge in [-0.3, -0.25) is 4.90 Å². The second-order valence-corrected chi connectivity index (χ2v) is 6.44. The van der Waals surface area contributed by atoms with Crippen molar-refractivity contribution in [3.05, 3.63) is 21.9 Å². The molecule has 1 aromatic heterocycles. The van der Waals surface area contributed by atoms with Crippen LogP contribution < -0.4 is 5.32 Å². The first kappa shape index (κ1) is 13.1. The van der Waals surface area contributed by atoms with Gasteiger partial charge in [0.05, 0.1) is 0 Å². The molecule has 0 amide bonds. The van der Waals surface area contributed by atoms with Gasteiger partial charge in [0.25, 0.3) is 0 Å². The number of aryl methyl sites for hydroxylation is 1. The van der Waals surface area contributed by atoms with Gasteiger partial charge < -0.3 is 5.32 Å². The maximum absolute atomic E-state index is 3.46. The van der Waals surface area contributed by atoms with E-state index in [1.807, 2.05) is 11.3 Å². The van der Waals surface area contributed by atoms with Crippen LogP contribution in [0.2, 0.25) is 0 Å². The van der Waals surface area contributed by atoms with Crippen LogP contribution in [0.3, 0.4) is 0 Å². The zero-order chi connectivity index (χ0) is 12.5. The van der Waals surface area contributed by atoms with Gasteiger partial charge in [-0.2, -0.15) is 0 Å². The van der Waals surface area contributed by atoms with Gasteiger partial charge in [-0.25, -0.2) is 0 Å². The average Bonchev–Trinajstić information content (AvgIpc) is 2.76. The first-order chi connectivity index (χ1) is 8.06. The van der Waals surface area contributed by atoms with E-state index < -0.39 is 0 Å². The molecule has 1 aliphatic rings. The van der Waals surface area contributed by atoms with Crippen LogP contribution in [0.25, 0.3) is 0 Å². The Kier molecular flexibility index (Phi) is 3.91. The number of nitrogens with one attached hydrogen (secondary N) is 1. The van der Waals surface area contributed by atoms with Gasteiger partial charge in [0.15, 0.2) is 0 Å². The van der Waals surface area contributed by atoms with E-state index in [9.17, 15) is 0 Å². The molecule has 1 N–H and O–H groups in total. The fourth-order valence-corrected chi connectivity index (χ4v) is 3.65. The molecule has 0 bridgehead atoms. The van der Waals surface area contributed by atoms with Crippen molar-refractivity contribution in [2.75, 3.05) is 20.1 Å². The summed E-state index contributed by atoms with van der Waals surface area (Å²) in [5.41, 5.74) is 1.80. The summed E-state index contributed by atoms with van der Waals surface area (Å²) in [6.07, 6.45) is 2.50. The first-order valence-electron chi connectivity index (χ1n) is 6.53. The summed E-state index contributed by atoms with van der Waals surface area (Å²) in [7, 11) is 2.09. The lowest BCUT2D eigenvalue weighted by atomic mass is 9.89. The fraction of sp³-hybridized carbons (Fsp3) is 0.714. The van der Waals surface area contributed by atoms with E-state index in [1.54, 1.807) is 0 Å². The Hall–Kier alpha value is -0.380. The smallest absolute Gasteiger partial charge is 0.0415 e. The number of hydrogen-bond donors (Lipinski definition) is 1. The summed E-state index contributed by atoms with van der Waals surface area (Å²) in [6, 6.07) is 2.81. The molecule has 2 heterocycles. The third-order valence-electron chi connectivity index (χ3n) is 4.33. The maximum atomic E-state index is 3.46. The Balaban J connectivity index is 2.00. The van der Waals surface area contributed by atoms with Gasteiger partial charge in [-0.15, -0.1) is 11.3 Å². The van der Waals surface area contributed by atoms with Gasteiger partial charge in [0, 0.05) is 29.5 Å². The highest BCUT2D eigenvalue weighted by atomic mass is 32.1. The molecule has 0 aromatic carbocycles. The Morgan fingerprint density at radius 1 is 1.41 bits per heavy atom. The topological polar surface area (TPSA) is 15.3 Å². The number of rotatable bonds is 3. The van der Waals surface area contributed by atoms with Crippen molar-refractivity contribution in [2.24, 2.45) is 0 Å². The number of thiophene rings is 1. The Morgan fingerprint density at radius 2 is 2.06 bits per heavy atom.